The number of hydrogen-bond donors (Lipinski definition) is 1. The fourth-order valence-corrected chi connectivity index (χ4v) is 3.33. The number of fused-ring (bicyclic) bond motifs is 1. The lowest BCUT2D eigenvalue weighted by Gasteiger charge is -2.14. The Morgan fingerprint density at radius 1 is 1.25 bits per heavy atom. The van der Waals surface area contributed by atoms with Gasteiger partial charge in [-0.05, 0) is 31.0 Å². The molecule has 0 saturated heterocycles. The molecule has 0 bridgehead atoms. The van der Waals surface area contributed by atoms with E-state index in [1.165, 1.54) is 0 Å². The molecule has 3 aromatic heterocycles. The van der Waals surface area contributed by atoms with E-state index in [4.69, 9.17) is 0 Å². The number of aromatic nitrogens is 3. The van der Waals surface area contributed by atoms with Gasteiger partial charge in [0.2, 0.25) is 0 Å². The summed E-state index contributed by atoms with van der Waals surface area (Å²) in [6.45, 7) is 7.94. The highest BCUT2D eigenvalue weighted by molar-refractivity contribution is 5.95. The summed E-state index contributed by atoms with van der Waals surface area (Å²) >= 11 is 0. The summed E-state index contributed by atoms with van der Waals surface area (Å²) in [5.41, 5.74) is 5.08. The molecular formula is C22H25N5O. The van der Waals surface area contributed by atoms with Gasteiger partial charge in [0.15, 0.2) is 5.78 Å². The zero-order valence-corrected chi connectivity index (χ0v) is 16.8. The third-order valence-corrected chi connectivity index (χ3v) is 4.75. The molecule has 0 aliphatic heterocycles. The number of pyridine rings is 3. The summed E-state index contributed by atoms with van der Waals surface area (Å²) in [6.07, 6.45) is 6.65. The number of anilines is 1. The minimum atomic E-state index is 0.0704. The highest BCUT2D eigenvalue weighted by Crippen LogP contribution is 2.25. The summed E-state index contributed by atoms with van der Waals surface area (Å²) in [7, 11) is 3.59. The summed E-state index contributed by atoms with van der Waals surface area (Å²) in [4.78, 5) is 25.5. The fourth-order valence-electron chi connectivity index (χ4n) is 3.33. The van der Waals surface area contributed by atoms with Gasteiger partial charge in [-0.3, -0.25) is 14.8 Å². The molecule has 6 nitrogen and oxygen atoms in total. The topological polar surface area (TPSA) is 72.2 Å². The molecule has 0 unspecified atom stereocenters. The first-order valence-electron chi connectivity index (χ1n) is 9.32. The molecule has 0 aliphatic carbocycles. The van der Waals surface area contributed by atoms with Crippen molar-refractivity contribution in [3.8, 4) is 11.1 Å². The largest absolute Gasteiger partial charge is 0.373 e. The van der Waals surface area contributed by atoms with Crippen LogP contribution in [0.1, 0.15) is 35.8 Å². The molecule has 0 spiro atoms. The molecule has 144 valence electrons. The first-order valence-corrected chi connectivity index (χ1v) is 9.32. The van der Waals surface area contributed by atoms with Gasteiger partial charge in [0, 0.05) is 61.7 Å². The van der Waals surface area contributed by atoms with Gasteiger partial charge in [-0.15, -0.1) is 0 Å². The normalized spacial score (nSPS) is 11.6. The Balaban J connectivity index is 2.26. The van der Waals surface area contributed by atoms with Crippen molar-refractivity contribution < 1.29 is 4.79 Å². The highest BCUT2D eigenvalue weighted by atomic mass is 16.1. The van der Waals surface area contributed by atoms with Gasteiger partial charge < -0.3 is 9.88 Å². The Labute approximate surface area is 164 Å². The Morgan fingerprint density at radius 2 is 2.04 bits per heavy atom. The zero-order chi connectivity index (χ0) is 20.3. The number of hydrogen-bond acceptors (Lipinski definition) is 5. The molecule has 0 amide bonds. The third kappa shape index (κ3) is 3.45. The number of rotatable bonds is 6. The maximum absolute atomic E-state index is 12.2. The lowest BCUT2D eigenvalue weighted by molar-refractivity contribution is 0.0977. The lowest BCUT2D eigenvalue weighted by Crippen LogP contribution is -2.20. The van der Waals surface area contributed by atoms with Crippen molar-refractivity contribution in [2.75, 3.05) is 19.4 Å². The predicted octanol–water partition coefficient (Wildman–Crippen LogP) is 4.06. The number of carbonyl (C=O) groups is 1. The van der Waals surface area contributed by atoms with Gasteiger partial charge in [0.1, 0.15) is 17.0 Å². The fraction of sp³-hybridized carbons (Fsp3) is 0.273. The molecule has 0 fully saturated rings. The van der Waals surface area contributed by atoms with Crippen LogP contribution < -0.4 is 10.8 Å². The van der Waals surface area contributed by atoms with E-state index in [1.54, 1.807) is 19.4 Å². The van der Waals surface area contributed by atoms with E-state index in [-0.39, 0.29) is 5.78 Å². The lowest BCUT2D eigenvalue weighted by atomic mass is 10.0. The Bertz CT molecular complexity index is 1130. The van der Waals surface area contributed by atoms with Crippen LogP contribution in [0.4, 0.5) is 5.82 Å². The number of carbonyl (C=O) groups excluding carboxylic acids is 1. The van der Waals surface area contributed by atoms with Crippen LogP contribution in [0, 0.1) is 6.92 Å². The maximum Gasteiger partial charge on any atom is 0.181 e. The van der Waals surface area contributed by atoms with E-state index < -0.39 is 0 Å². The molecule has 1 N–H and O–H groups in total. The molecule has 3 aromatic rings. The van der Waals surface area contributed by atoms with E-state index in [0.29, 0.717) is 12.1 Å². The molecule has 0 aliphatic rings. The molecule has 0 atom stereocenters. The second-order valence-electron chi connectivity index (χ2n) is 6.59. The standard InChI is InChI=1S/C22H25N5O/c1-6-8-20(28)18-9-14(3)17(13-25-18)16-10-15-12-26-21(23-4)11-19(15)27(7-2)22(16)24-5/h7,9-13H,2,6,8H2,1,3-5H3,(H,23,26). The third-order valence-electron chi connectivity index (χ3n) is 4.75. The maximum atomic E-state index is 12.2. The Kier molecular flexibility index (Phi) is 5.68. The van der Waals surface area contributed by atoms with Crippen molar-refractivity contribution in [3.05, 3.63) is 53.9 Å². The number of nitrogens with zero attached hydrogens (tertiary/aromatic N) is 4. The van der Waals surface area contributed by atoms with Crippen molar-refractivity contribution >= 4 is 28.7 Å². The van der Waals surface area contributed by atoms with Crippen LogP contribution in [0.25, 0.3) is 28.2 Å². The van der Waals surface area contributed by atoms with E-state index in [0.717, 1.165) is 45.3 Å². The monoisotopic (exact) mass is 375 g/mol. The van der Waals surface area contributed by atoms with Crippen molar-refractivity contribution in [2.24, 2.45) is 4.99 Å². The summed E-state index contributed by atoms with van der Waals surface area (Å²) in [5, 5.41) is 4.02. The molecule has 0 radical (unpaired) electrons. The molecule has 6 heteroatoms. The average Bonchev–Trinajstić information content (AvgIpc) is 2.71. The number of aryl methyl sites for hydroxylation is 1. The van der Waals surface area contributed by atoms with Crippen LogP contribution in [0.5, 0.6) is 0 Å². The second-order valence-corrected chi connectivity index (χ2v) is 6.59. The Hall–Kier alpha value is -3.28. The van der Waals surface area contributed by atoms with Crippen LogP contribution in [-0.4, -0.2) is 34.4 Å². The van der Waals surface area contributed by atoms with Crippen LogP contribution >= 0.6 is 0 Å². The molecule has 28 heavy (non-hydrogen) atoms. The van der Waals surface area contributed by atoms with E-state index >= 15 is 0 Å². The van der Waals surface area contributed by atoms with Crippen LogP contribution in [-0.2, 0) is 0 Å². The van der Waals surface area contributed by atoms with Gasteiger partial charge in [-0.25, -0.2) is 4.98 Å². The van der Waals surface area contributed by atoms with Gasteiger partial charge in [0.05, 0.1) is 5.52 Å². The van der Waals surface area contributed by atoms with Gasteiger partial charge in [-0.2, -0.15) is 0 Å². The smallest absolute Gasteiger partial charge is 0.181 e. The SMILES string of the molecule is C=Cn1c(=NC)c(-c2cnc(C(=O)CCC)cc2C)cc2cnc(NC)cc21. The van der Waals surface area contributed by atoms with Gasteiger partial charge in [-0.1, -0.05) is 13.5 Å². The molecule has 0 aromatic carbocycles. The summed E-state index contributed by atoms with van der Waals surface area (Å²) in [6, 6.07) is 5.88. The van der Waals surface area contributed by atoms with Crippen LogP contribution in [0.3, 0.4) is 0 Å². The van der Waals surface area contributed by atoms with Crippen LogP contribution in [0.15, 0.2) is 42.2 Å². The van der Waals surface area contributed by atoms with Crippen molar-refractivity contribution in [2.45, 2.75) is 26.7 Å². The molecule has 3 heterocycles. The quantitative estimate of drug-likeness (QED) is 0.660. The van der Waals surface area contributed by atoms with E-state index in [2.05, 4.69) is 32.9 Å². The molecule has 0 saturated carbocycles. The summed E-state index contributed by atoms with van der Waals surface area (Å²) in [5.74, 6) is 0.843. The predicted molar refractivity (Wildman–Crippen MR) is 114 cm³/mol. The van der Waals surface area contributed by atoms with Crippen molar-refractivity contribution in [3.63, 3.8) is 0 Å². The first kappa shape index (κ1) is 19.5. The van der Waals surface area contributed by atoms with Gasteiger partial charge >= 0.3 is 0 Å². The first-order chi connectivity index (χ1) is 13.5. The zero-order valence-electron chi connectivity index (χ0n) is 16.8. The number of ketones is 1. The van der Waals surface area contributed by atoms with Crippen molar-refractivity contribution in [1.82, 2.24) is 14.5 Å². The minimum Gasteiger partial charge on any atom is -0.373 e. The Morgan fingerprint density at radius 3 is 2.64 bits per heavy atom. The number of nitrogens with one attached hydrogen (secondary N) is 1. The summed E-state index contributed by atoms with van der Waals surface area (Å²) < 4.78 is 1.95. The minimum absolute atomic E-state index is 0.0704. The van der Waals surface area contributed by atoms with Gasteiger partial charge in [0.25, 0.3) is 0 Å². The van der Waals surface area contributed by atoms with E-state index in [9.17, 15) is 4.79 Å². The number of Topliss-reactive ketones (excluding diaryl/α,β-unsaturated/α-hetero) is 1. The molecular weight excluding hydrogens is 350 g/mol. The highest BCUT2D eigenvalue weighted by Gasteiger charge is 2.14. The second kappa shape index (κ2) is 8.17. The van der Waals surface area contributed by atoms with Crippen LogP contribution in [0.2, 0.25) is 0 Å². The molecule has 3 rings (SSSR count). The van der Waals surface area contributed by atoms with E-state index in [1.807, 2.05) is 43.8 Å². The average molecular weight is 375 g/mol. The van der Waals surface area contributed by atoms with Crippen molar-refractivity contribution in [1.29, 1.82) is 0 Å².